The third kappa shape index (κ3) is 2.03. The lowest BCUT2D eigenvalue weighted by molar-refractivity contribution is 0.191. The van der Waals surface area contributed by atoms with Crippen molar-refractivity contribution in [2.45, 2.75) is 19.4 Å². The first-order valence-electron chi connectivity index (χ1n) is 4.96. The van der Waals surface area contributed by atoms with E-state index in [1.807, 2.05) is 0 Å². The van der Waals surface area contributed by atoms with Gasteiger partial charge in [-0.15, -0.1) is 0 Å². The van der Waals surface area contributed by atoms with Crippen LogP contribution in [0.5, 0.6) is 11.5 Å². The fourth-order valence-electron chi connectivity index (χ4n) is 1.57. The average Bonchev–Trinajstić information content (AvgIpc) is 2.43. The lowest BCUT2D eigenvalue weighted by atomic mass is 10.1. The van der Waals surface area contributed by atoms with Gasteiger partial charge in [0, 0.05) is 12.0 Å². The lowest BCUT2D eigenvalue weighted by Crippen LogP contribution is -2.00. The minimum absolute atomic E-state index is 0.524. The van der Waals surface area contributed by atoms with Crippen LogP contribution < -0.4 is 9.47 Å². The first kappa shape index (κ1) is 10.6. The second-order valence-electron chi connectivity index (χ2n) is 3.52. The van der Waals surface area contributed by atoms with Gasteiger partial charge in [-0.1, -0.05) is 17.7 Å². The number of rotatable bonds is 1. The van der Waals surface area contributed by atoms with Crippen LogP contribution in [0.4, 0.5) is 0 Å². The lowest BCUT2D eigenvalue weighted by Gasteiger charge is -2.15. The summed E-state index contributed by atoms with van der Waals surface area (Å²) in [6, 6.07) is 3.48. The van der Waals surface area contributed by atoms with Gasteiger partial charge in [-0.05, 0) is 13.0 Å². The molecule has 0 fully saturated rings. The zero-order valence-corrected chi connectivity index (χ0v) is 9.25. The molecular weight excluding hydrogens is 216 g/mol. The Morgan fingerprint density at radius 1 is 1.27 bits per heavy atom. The number of aliphatic hydroxyl groups is 1. The third-order valence-corrected chi connectivity index (χ3v) is 2.62. The van der Waals surface area contributed by atoms with E-state index < -0.39 is 6.10 Å². The molecular formula is C11H13ClO3. The summed E-state index contributed by atoms with van der Waals surface area (Å²) >= 11 is 6.00. The molecule has 0 spiro atoms. The van der Waals surface area contributed by atoms with Crippen molar-refractivity contribution < 1.29 is 14.6 Å². The summed E-state index contributed by atoms with van der Waals surface area (Å²) in [7, 11) is 0. The van der Waals surface area contributed by atoms with Gasteiger partial charge in [0.05, 0.1) is 24.3 Å². The van der Waals surface area contributed by atoms with Gasteiger partial charge < -0.3 is 14.6 Å². The van der Waals surface area contributed by atoms with Crippen molar-refractivity contribution in [1.29, 1.82) is 0 Å². The van der Waals surface area contributed by atoms with Crippen LogP contribution in [0.25, 0.3) is 0 Å². The van der Waals surface area contributed by atoms with Crippen LogP contribution in [0, 0.1) is 0 Å². The Morgan fingerprint density at radius 3 is 2.60 bits per heavy atom. The highest BCUT2D eigenvalue weighted by Crippen LogP contribution is 2.41. The monoisotopic (exact) mass is 228 g/mol. The van der Waals surface area contributed by atoms with E-state index in [9.17, 15) is 5.11 Å². The molecule has 1 aliphatic rings. The summed E-state index contributed by atoms with van der Waals surface area (Å²) in [6.07, 6.45) is 0.238. The van der Waals surface area contributed by atoms with Crippen molar-refractivity contribution in [3.8, 4) is 11.5 Å². The van der Waals surface area contributed by atoms with Gasteiger partial charge in [-0.25, -0.2) is 0 Å². The Bertz CT molecular complexity index is 363. The molecule has 0 saturated carbocycles. The highest BCUT2D eigenvalue weighted by atomic mass is 35.5. The summed E-state index contributed by atoms with van der Waals surface area (Å²) in [6.45, 7) is 2.88. The maximum atomic E-state index is 9.58. The number of benzene rings is 1. The van der Waals surface area contributed by atoms with Gasteiger partial charge in [0.25, 0.3) is 0 Å². The van der Waals surface area contributed by atoms with Gasteiger partial charge in [0.1, 0.15) is 0 Å². The Hall–Kier alpha value is -0.930. The zero-order valence-electron chi connectivity index (χ0n) is 8.50. The van der Waals surface area contributed by atoms with Crippen molar-refractivity contribution >= 4 is 11.6 Å². The van der Waals surface area contributed by atoms with Crippen molar-refractivity contribution in [2.75, 3.05) is 13.2 Å². The molecule has 1 aromatic rings. The van der Waals surface area contributed by atoms with Crippen LogP contribution in [0.2, 0.25) is 5.02 Å². The molecule has 0 aliphatic carbocycles. The smallest absolute Gasteiger partial charge is 0.180 e. The van der Waals surface area contributed by atoms with Gasteiger partial charge in [-0.3, -0.25) is 0 Å². The van der Waals surface area contributed by atoms with E-state index in [2.05, 4.69) is 0 Å². The highest BCUT2D eigenvalue weighted by Gasteiger charge is 2.20. The van der Waals surface area contributed by atoms with Crippen LogP contribution in [0.1, 0.15) is 25.0 Å². The molecule has 4 heteroatoms. The van der Waals surface area contributed by atoms with Crippen LogP contribution >= 0.6 is 11.6 Å². The minimum Gasteiger partial charge on any atom is -0.489 e. The van der Waals surface area contributed by atoms with Crippen LogP contribution in [0.15, 0.2) is 12.1 Å². The second kappa shape index (κ2) is 4.29. The fraction of sp³-hybridized carbons (Fsp3) is 0.455. The SMILES string of the molecule is CC(O)c1ccc(Cl)c2c1OCCCO2. The quantitative estimate of drug-likeness (QED) is 0.803. The van der Waals surface area contributed by atoms with E-state index in [4.69, 9.17) is 21.1 Å². The maximum absolute atomic E-state index is 9.58. The minimum atomic E-state index is -0.585. The van der Waals surface area contributed by atoms with Crippen molar-refractivity contribution in [3.63, 3.8) is 0 Å². The first-order chi connectivity index (χ1) is 7.20. The molecule has 0 saturated heterocycles. The standard InChI is InChI=1S/C11H13ClO3/c1-7(13)8-3-4-9(12)11-10(8)14-5-2-6-15-11/h3-4,7,13H,2,5-6H2,1H3. The molecule has 1 N–H and O–H groups in total. The molecule has 1 aromatic carbocycles. The van der Waals surface area contributed by atoms with E-state index in [0.717, 1.165) is 12.0 Å². The molecule has 0 radical (unpaired) electrons. The van der Waals surface area contributed by atoms with E-state index in [0.29, 0.717) is 29.7 Å². The van der Waals surface area contributed by atoms with Gasteiger partial charge in [0.15, 0.2) is 11.5 Å². The molecule has 1 heterocycles. The van der Waals surface area contributed by atoms with Crippen LogP contribution in [-0.2, 0) is 0 Å². The molecule has 3 nitrogen and oxygen atoms in total. The molecule has 2 rings (SSSR count). The summed E-state index contributed by atoms with van der Waals surface area (Å²) in [5.41, 5.74) is 0.719. The summed E-state index contributed by atoms with van der Waals surface area (Å²) in [4.78, 5) is 0. The molecule has 0 bridgehead atoms. The van der Waals surface area contributed by atoms with Gasteiger partial charge >= 0.3 is 0 Å². The largest absolute Gasteiger partial charge is 0.489 e. The maximum Gasteiger partial charge on any atom is 0.180 e. The number of ether oxygens (including phenoxy) is 2. The Balaban J connectivity index is 2.51. The topological polar surface area (TPSA) is 38.7 Å². The average molecular weight is 229 g/mol. The third-order valence-electron chi connectivity index (χ3n) is 2.33. The summed E-state index contributed by atoms with van der Waals surface area (Å²) in [5.74, 6) is 1.13. The molecule has 0 aromatic heterocycles. The van der Waals surface area contributed by atoms with Crippen LogP contribution in [-0.4, -0.2) is 18.3 Å². The molecule has 1 aliphatic heterocycles. The fourth-order valence-corrected chi connectivity index (χ4v) is 1.78. The van der Waals surface area contributed by atoms with Gasteiger partial charge in [0.2, 0.25) is 0 Å². The number of hydrogen-bond donors (Lipinski definition) is 1. The normalized spacial score (nSPS) is 17.0. The van der Waals surface area contributed by atoms with Gasteiger partial charge in [-0.2, -0.15) is 0 Å². The van der Waals surface area contributed by atoms with E-state index in [-0.39, 0.29) is 0 Å². The van der Waals surface area contributed by atoms with Crippen LogP contribution in [0.3, 0.4) is 0 Å². The molecule has 15 heavy (non-hydrogen) atoms. The first-order valence-corrected chi connectivity index (χ1v) is 5.34. The number of hydrogen-bond acceptors (Lipinski definition) is 3. The van der Waals surface area contributed by atoms with E-state index in [1.54, 1.807) is 19.1 Å². The molecule has 1 atom stereocenters. The van der Waals surface area contributed by atoms with Crippen molar-refractivity contribution in [1.82, 2.24) is 0 Å². The number of halogens is 1. The van der Waals surface area contributed by atoms with E-state index >= 15 is 0 Å². The second-order valence-corrected chi connectivity index (χ2v) is 3.93. The summed E-state index contributed by atoms with van der Waals surface area (Å²) in [5, 5.41) is 10.1. The Labute approximate surface area is 93.6 Å². The molecule has 0 amide bonds. The number of aliphatic hydroxyl groups excluding tert-OH is 1. The highest BCUT2D eigenvalue weighted by molar-refractivity contribution is 6.32. The Kier molecular flexibility index (Phi) is 3.03. The van der Waals surface area contributed by atoms with Crippen molar-refractivity contribution in [2.24, 2.45) is 0 Å². The van der Waals surface area contributed by atoms with E-state index in [1.165, 1.54) is 0 Å². The zero-order chi connectivity index (χ0) is 10.8. The molecule has 1 unspecified atom stereocenters. The van der Waals surface area contributed by atoms with Crippen molar-refractivity contribution in [3.05, 3.63) is 22.7 Å². The summed E-state index contributed by atoms with van der Waals surface area (Å²) < 4.78 is 11.1. The Morgan fingerprint density at radius 2 is 1.93 bits per heavy atom. The predicted octanol–water partition coefficient (Wildman–Crippen LogP) is 2.55. The number of fused-ring (bicyclic) bond motifs is 1. The predicted molar refractivity (Wildman–Crippen MR) is 57.7 cm³/mol. The molecule has 82 valence electrons.